The second-order valence-electron chi connectivity index (χ2n) is 4.16. The second-order valence-corrected chi connectivity index (χ2v) is 4.16. The van der Waals surface area contributed by atoms with E-state index in [1.54, 1.807) is 6.07 Å². The molecule has 2 N–H and O–H groups in total. The summed E-state index contributed by atoms with van der Waals surface area (Å²) < 4.78 is 0. The number of rotatable bonds is 0. The topological polar surface area (TPSA) is 40.5 Å². The Kier molecular flexibility index (Phi) is 1.90. The number of phenolic OH excluding ortho intramolecular Hbond substituents is 2. The molecule has 0 amide bonds. The lowest BCUT2D eigenvalue weighted by molar-refractivity contribution is 0.450. The Morgan fingerprint density at radius 1 is 0.875 bits per heavy atom. The summed E-state index contributed by atoms with van der Waals surface area (Å²) in [6, 6.07) is 11.2. The van der Waals surface area contributed by atoms with Crippen molar-refractivity contribution in [2.45, 2.75) is 12.8 Å². The van der Waals surface area contributed by atoms with E-state index in [9.17, 15) is 10.2 Å². The summed E-state index contributed by atoms with van der Waals surface area (Å²) in [4.78, 5) is 0. The van der Waals surface area contributed by atoms with Crippen LogP contribution < -0.4 is 0 Å². The van der Waals surface area contributed by atoms with Crippen LogP contribution in [0.3, 0.4) is 0 Å². The minimum absolute atomic E-state index is 0.135. The first kappa shape index (κ1) is 9.28. The molecule has 2 aromatic rings. The van der Waals surface area contributed by atoms with Crippen LogP contribution in [0, 0.1) is 0 Å². The minimum atomic E-state index is 0.135. The molecule has 0 fully saturated rings. The molecule has 2 nitrogen and oxygen atoms in total. The molecule has 0 saturated heterocycles. The highest BCUT2D eigenvalue weighted by Gasteiger charge is 2.19. The standard InChI is InChI=1S/C14H12O2/c15-11-7-10-6-5-9-3-1-2-4-12(9)14(10)13(16)8-11/h1-4,7-8,15-16H,5-6H2. The first-order valence-corrected chi connectivity index (χ1v) is 5.39. The third-order valence-electron chi connectivity index (χ3n) is 3.13. The van der Waals surface area contributed by atoms with E-state index in [1.165, 1.54) is 11.6 Å². The molecule has 0 heterocycles. The highest BCUT2D eigenvalue weighted by atomic mass is 16.3. The van der Waals surface area contributed by atoms with Gasteiger partial charge in [-0.05, 0) is 35.6 Å². The van der Waals surface area contributed by atoms with Crippen LogP contribution in [0.15, 0.2) is 36.4 Å². The van der Waals surface area contributed by atoms with Gasteiger partial charge in [-0.2, -0.15) is 0 Å². The molecule has 80 valence electrons. The lowest BCUT2D eigenvalue weighted by Gasteiger charge is -2.20. The van der Waals surface area contributed by atoms with Crippen molar-refractivity contribution in [3.8, 4) is 22.6 Å². The monoisotopic (exact) mass is 212 g/mol. The van der Waals surface area contributed by atoms with Gasteiger partial charge in [0.25, 0.3) is 0 Å². The quantitative estimate of drug-likeness (QED) is 0.705. The van der Waals surface area contributed by atoms with Crippen molar-refractivity contribution in [1.29, 1.82) is 0 Å². The number of fused-ring (bicyclic) bond motifs is 3. The van der Waals surface area contributed by atoms with Gasteiger partial charge >= 0.3 is 0 Å². The van der Waals surface area contributed by atoms with Gasteiger partial charge in [-0.3, -0.25) is 0 Å². The third kappa shape index (κ3) is 1.27. The Balaban J connectivity index is 2.32. The fourth-order valence-electron chi connectivity index (χ4n) is 2.43. The number of aromatic hydroxyl groups is 2. The van der Waals surface area contributed by atoms with Gasteiger partial charge < -0.3 is 10.2 Å². The zero-order valence-electron chi connectivity index (χ0n) is 8.77. The summed E-state index contributed by atoms with van der Waals surface area (Å²) in [5.41, 5.74) is 4.24. The van der Waals surface area contributed by atoms with Crippen molar-refractivity contribution in [1.82, 2.24) is 0 Å². The van der Waals surface area contributed by atoms with Crippen molar-refractivity contribution in [3.05, 3.63) is 47.5 Å². The number of hydrogen-bond donors (Lipinski definition) is 2. The third-order valence-corrected chi connectivity index (χ3v) is 3.13. The van der Waals surface area contributed by atoms with E-state index in [0.29, 0.717) is 0 Å². The normalized spacial score (nSPS) is 13.0. The maximum Gasteiger partial charge on any atom is 0.127 e. The molecule has 0 saturated carbocycles. The summed E-state index contributed by atoms with van der Waals surface area (Å²) in [6.07, 6.45) is 1.83. The molecule has 2 heteroatoms. The Morgan fingerprint density at radius 2 is 1.62 bits per heavy atom. The molecule has 0 aliphatic heterocycles. The van der Waals surface area contributed by atoms with Crippen molar-refractivity contribution >= 4 is 0 Å². The van der Waals surface area contributed by atoms with Crippen LogP contribution in [0.5, 0.6) is 11.5 Å². The van der Waals surface area contributed by atoms with E-state index < -0.39 is 0 Å². The molecule has 0 atom stereocenters. The van der Waals surface area contributed by atoms with Crippen molar-refractivity contribution in [2.75, 3.05) is 0 Å². The zero-order valence-corrected chi connectivity index (χ0v) is 8.77. The average Bonchev–Trinajstić information content (AvgIpc) is 2.28. The van der Waals surface area contributed by atoms with Crippen LogP contribution in [0.25, 0.3) is 11.1 Å². The van der Waals surface area contributed by atoms with Gasteiger partial charge in [0.2, 0.25) is 0 Å². The van der Waals surface area contributed by atoms with E-state index in [4.69, 9.17) is 0 Å². The average molecular weight is 212 g/mol. The van der Waals surface area contributed by atoms with E-state index in [1.807, 2.05) is 18.2 Å². The Labute approximate surface area is 93.8 Å². The fourth-order valence-corrected chi connectivity index (χ4v) is 2.43. The Hall–Kier alpha value is -1.96. The van der Waals surface area contributed by atoms with Gasteiger partial charge in [-0.1, -0.05) is 24.3 Å². The number of aryl methyl sites for hydroxylation is 2. The predicted molar refractivity (Wildman–Crippen MR) is 62.6 cm³/mol. The van der Waals surface area contributed by atoms with Gasteiger partial charge in [-0.15, -0.1) is 0 Å². The number of benzene rings is 2. The van der Waals surface area contributed by atoms with Crippen LogP contribution in [0.2, 0.25) is 0 Å². The molecule has 2 aromatic carbocycles. The van der Waals surface area contributed by atoms with E-state index in [0.717, 1.165) is 29.5 Å². The van der Waals surface area contributed by atoms with Crippen LogP contribution >= 0.6 is 0 Å². The van der Waals surface area contributed by atoms with Gasteiger partial charge in [-0.25, -0.2) is 0 Å². The molecule has 16 heavy (non-hydrogen) atoms. The molecule has 3 rings (SSSR count). The van der Waals surface area contributed by atoms with Crippen LogP contribution in [-0.2, 0) is 12.8 Å². The smallest absolute Gasteiger partial charge is 0.127 e. The van der Waals surface area contributed by atoms with Gasteiger partial charge in [0.1, 0.15) is 11.5 Å². The highest BCUT2D eigenvalue weighted by Crippen LogP contribution is 2.41. The van der Waals surface area contributed by atoms with Crippen LogP contribution in [0.4, 0.5) is 0 Å². The van der Waals surface area contributed by atoms with Crippen molar-refractivity contribution in [3.63, 3.8) is 0 Å². The molecular formula is C14H12O2. The molecule has 0 unspecified atom stereocenters. The maximum atomic E-state index is 9.92. The van der Waals surface area contributed by atoms with Crippen LogP contribution in [-0.4, -0.2) is 10.2 Å². The Morgan fingerprint density at radius 3 is 2.50 bits per heavy atom. The summed E-state index contributed by atoms with van der Waals surface area (Å²) in [5, 5.41) is 19.4. The van der Waals surface area contributed by atoms with Crippen molar-refractivity contribution < 1.29 is 10.2 Å². The number of hydrogen-bond acceptors (Lipinski definition) is 2. The largest absolute Gasteiger partial charge is 0.508 e. The lowest BCUT2D eigenvalue weighted by Crippen LogP contribution is -2.03. The molecule has 1 aliphatic rings. The van der Waals surface area contributed by atoms with Gasteiger partial charge in [0.05, 0.1) is 0 Å². The fraction of sp³-hybridized carbons (Fsp3) is 0.143. The Bertz CT molecular complexity index is 559. The summed E-state index contributed by atoms with van der Waals surface area (Å²) >= 11 is 0. The molecule has 0 radical (unpaired) electrons. The maximum absolute atomic E-state index is 9.92. The first-order chi connectivity index (χ1) is 7.75. The highest BCUT2D eigenvalue weighted by molar-refractivity contribution is 5.79. The lowest BCUT2D eigenvalue weighted by atomic mass is 9.85. The summed E-state index contributed by atoms with van der Waals surface area (Å²) in [6.45, 7) is 0. The first-order valence-electron chi connectivity index (χ1n) is 5.39. The molecule has 0 spiro atoms. The van der Waals surface area contributed by atoms with E-state index >= 15 is 0 Å². The van der Waals surface area contributed by atoms with Gasteiger partial charge in [0.15, 0.2) is 0 Å². The van der Waals surface area contributed by atoms with Gasteiger partial charge in [0, 0.05) is 11.6 Å². The van der Waals surface area contributed by atoms with E-state index in [2.05, 4.69) is 6.07 Å². The minimum Gasteiger partial charge on any atom is -0.508 e. The molecule has 0 bridgehead atoms. The second kappa shape index (κ2) is 3.27. The predicted octanol–water partition coefficient (Wildman–Crippen LogP) is 2.86. The molecule has 0 aromatic heterocycles. The zero-order chi connectivity index (χ0) is 11.1. The summed E-state index contributed by atoms with van der Waals surface area (Å²) in [5.74, 6) is 0.304. The molecule has 1 aliphatic carbocycles. The van der Waals surface area contributed by atoms with E-state index in [-0.39, 0.29) is 11.5 Å². The van der Waals surface area contributed by atoms with Crippen molar-refractivity contribution in [2.24, 2.45) is 0 Å². The number of phenols is 2. The summed E-state index contributed by atoms with van der Waals surface area (Å²) in [7, 11) is 0. The molecular weight excluding hydrogens is 200 g/mol. The SMILES string of the molecule is Oc1cc(O)c2c(c1)CCc1ccccc1-2. The van der Waals surface area contributed by atoms with Crippen LogP contribution in [0.1, 0.15) is 11.1 Å².